The molecule has 0 aliphatic carbocycles. The first-order chi connectivity index (χ1) is 11.6. The van der Waals surface area contributed by atoms with Gasteiger partial charge in [-0.2, -0.15) is 0 Å². The summed E-state index contributed by atoms with van der Waals surface area (Å²) in [6.45, 7) is 4.47. The van der Waals surface area contributed by atoms with E-state index < -0.39 is 0 Å². The Hall–Kier alpha value is -1.01. The van der Waals surface area contributed by atoms with Crippen molar-refractivity contribution in [3.05, 3.63) is 33.8 Å². The molecule has 2 aliphatic heterocycles. The van der Waals surface area contributed by atoms with Crippen LogP contribution in [0.5, 0.6) is 0 Å². The highest BCUT2D eigenvalue weighted by molar-refractivity contribution is 6.42. The van der Waals surface area contributed by atoms with Gasteiger partial charge in [0.15, 0.2) is 0 Å². The van der Waals surface area contributed by atoms with Crippen LogP contribution in [0.2, 0.25) is 10.0 Å². The van der Waals surface area contributed by atoms with Gasteiger partial charge in [0, 0.05) is 38.6 Å². The lowest BCUT2D eigenvalue weighted by Crippen LogP contribution is -2.42. The molecule has 2 heterocycles. The Morgan fingerprint density at radius 2 is 2.08 bits per heavy atom. The fourth-order valence-electron chi connectivity index (χ4n) is 3.28. The summed E-state index contributed by atoms with van der Waals surface area (Å²) in [7, 11) is 0. The Kier molecular flexibility index (Phi) is 6.22. The van der Waals surface area contributed by atoms with Crippen LogP contribution >= 0.6 is 23.2 Å². The van der Waals surface area contributed by atoms with Crippen molar-refractivity contribution < 1.29 is 9.53 Å². The van der Waals surface area contributed by atoms with Crippen molar-refractivity contribution in [1.29, 1.82) is 0 Å². The molecular weight excluding hydrogens is 349 g/mol. The van der Waals surface area contributed by atoms with Gasteiger partial charge in [-0.25, -0.2) is 4.79 Å². The van der Waals surface area contributed by atoms with Crippen LogP contribution in [0.15, 0.2) is 18.2 Å². The number of nitrogens with zero attached hydrogens (tertiary/aromatic N) is 1. The summed E-state index contributed by atoms with van der Waals surface area (Å²) >= 11 is 12.2. The maximum absolute atomic E-state index is 12.2. The molecule has 0 aromatic heterocycles. The third kappa shape index (κ3) is 4.33. The molecule has 0 saturated carbocycles. The molecule has 24 heavy (non-hydrogen) atoms. The Morgan fingerprint density at radius 3 is 2.83 bits per heavy atom. The number of nitrogens with one attached hydrogen (secondary N) is 2. The molecule has 1 aromatic rings. The molecular formula is C17H23Cl2N3O2. The van der Waals surface area contributed by atoms with Crippen molar-refractivity contribution in [2.24, 2.45) is 5.92 Å². The average Bonchev–Trinajstić information content (AvgIpc) is 3.02. The molecule has 2 aliphatic rings. The number of hydrogen-bond acceptors (Lipinski definition) is 3. The maximum atomic E-state index is 12.2. The SMILES string of the molecule is O=C(NC[C@@H]1CNCCO[C@H]1c1ccc(Cl)c(Cl)c1)N1CCCC1. The van der Waals surface area contributed by atoms with Gasteiger partial charge in [-0.1, -0.05) is 29.3 Å². The number of halogens is 2. The fraction of sp³-hybridized carbons (Fsp3) is 0.588. The summed E-state index contributed by atoms with van der Waals surface area (Å²) < 4.78 is 6.03. The highest BCUT2D eigenvalue weighted by atomic mass is 35.5. The zero-order valence-corrected chi connectivity index (χ0v) is 15.1. The van der Waals surface area contributed by atoms with E-state index in [1.54, 1.807) is 6.07 Å². The normalized spacial score (nSPS) is 24.7. The van der Waals surface area contributed by atoms with Crippen molar-refractivity contribution in [2.75, 3.05) is 39.3 Å². The second-order valence-corrected chi connectivity index (χ2v) is 7.12. The molecule has 2 atom stereocenters. The van der Waals surface area contributed by atoms with Gasteiger partial charge in [0.1, 0.15) is 0 Å². The van der Waals surface area contributed by atoms with E-state index in [1.807, 2.05) is 17.0 Å². The molecule has 0 bridgehead atoms. The van der Waals surface area contributed by atoms with Crippen molar-refractivity contribution in [2.45, 2.75) is 18.9 Å². The van der Waals surface area contributed by atoms with Crippen LogP contribution in [0, 0.1) is 5.92 Å². The van der Waals surface area contributed by atoms with Crippen molar-refractivity contribution in [3.63, 3.8) is 0 Å². The molecule has 0 unspecified atom stereocenters. The minimum Gasteiger partial charge on any atom is -0.372 e. The van der Waals surface area contributed by atoms with Crippen LogP contribution in [-0.4, -0.2) is 50.3 Å². The fourth-order valence-corrected chi connectivity index (χ4v) is 3.58. The Balaban J connectivity index is 1.67. The number of rotatable bonds is 3. The Labute approximate surface area is 152 Å². The van der Waals surface area contributed by atoms with E-state index in [-0.39, 0.29) is 18.1 Å². The first-order valence-corrected chi connectivity index (χ1v) is 9.21. The lowest BCUT2D eigenvalue weighted by Gasteiger charge is -2.27. The highest BCUT2D eigenvalue weighted by Gasteiger charge is 2.28. The van der Waals surface area contributed by atoms with E-state index in [4.69, 9.17) is 27.9 Å². The molecule has 0 radical (unpaired) electrons. The van der Waals surface area contributed by atoms with Gasteiger partial charge in [-0.15, -0.1) is 0 Å². The number of hydrogen-bond donors (Lipinski definition) is 2. The molecule has 2 fully saturated rings. The largest absolute Gasteiger partial charge is 0.372 e. The number of urea groups is 1. The molecule has 2 amide bonds. The van der Waals surface area contributed by atoms with Crippen LogP contribution in [0.1, 0.15) is 24.5 Å². The quantitative estimate of drug-likeness (QED) is 0.858. The standard InChI is InChI=1S/C17H23Cl2N3O2/c18-14-4-3-12(9-15(14)19)16-13(10-20-5-8-24-16)11-21-17(23)22-6-1-2-7-22/h3-4,9,13,16,20H,1-2,5-8,10-11H2,(H,21,23)/t13-,16-/m0/s1. The second kappa shape index (κ2) is 8.39. The number of carbonyl (C=O) groups excluding carboxylic acids is 1. The minimum atomic E-state index is -0.117. The zero-order valence-electron chi connectivity index (χ0n) is 13.6. The Morgan fingerprint density at radius 1 is 1.29 bits per heavy atom. The third-order valence-electron chi connectivity index (χ3n) is 4.59. The summed E-state index contributed by atoms with van der Waals surface area (Å²) in [6.07, 6.45) is 2.06. The number of ether oxygens (including phenoxy) is 1. The van der Waals surface area contributed by atoms with Gasteiger partial charge in [0.05, 0.1) is 22.8 Å². The second-order valence-electron chi connectivity index (χ2n) is 6.31. The van der Waals surface area contributed by atoms with Crippen LogP contribution in [0.3, 0.4) is 0 Å². The van der Waals surface area contributed by atoms with Gasteiger partial charge in [-0.05, 0) is 30.5 Å². The highest BCUT2D eigenvalue weighted by Crippen LogP contribution is 2.31. The topological polar surface area (TPSA) is 53.6 Å². The van der Waals surface area contributed by atoms with Crippen molar-refractivity contribution in [3.8, 4) is 0 Å². The summed E-state index contributed by atoms with van der Waals surface area (Å²) in [6, 6.07) is 5.61. The van der Waals surface area contributed by atoms with E-state index in [2.05, 4.69) is 10.6 Å². The van der Waals surface area contributed by atoms with Crippen molar-refractivity contribution >= 4 is 29.2 Å². The maximum Gasteiger partial charge on any atom is 0.317 e. The van der Waals surface area contributed by atoms with E-state index >= 15 is 0 Å². The lowest BCUT2D eigenvalue weighted by molar-refractivity contribution is 0.0312. The molecule has 7 heteroatoms. The number of benzene rings is 1. The molecule has 0 spiro atoms. The summed E-state index contributed by atoms with van der Waals surface area (Å²) in [4.78, 5) is 14.1. The van der Waals surface area contributed by atoms with Gasteiger partial charge >= 0.3 is 6.03 Å². The van der Waals surface area contributed by atoms with Gasteiger partial charge in [0.2, 0.25) is 0 Å². The van der Waals surface area contributed by atoms with Gasteiger partial charge in [0.25, 0.3) is 0 Å². The first kappa shape index (κ1) is 17.8. The number of likely N-dealkylation sites (tertiary alicyclic amines) is 1. The number of amides is 2. The van der Waals surface area contributed by atoms with E-state index in [0.717, 1.165) is 44.6 Å². The zero-order chi connectivity index (χ0) is 16.9. The third-order valence-corrected chi connectivity index (χ3v) is 5.33. The smallest absolute Gasteiger partial charge is 0.317 e. The van der Waals surface area contributed by atoms with Crippen LogP contribution in [-0.2, 0) is 4.74 Å². The Bertz CT molecular complexity index is 579. The van der Waals surface area contributed by atoms with Crippen LogP contribution < -0.4 is 10.6 Å². The van der Waals surface area contributed by atoms with E-state index in [0.29, 0.717) is 23.2 Å². The van der Waals surface area contributed by atoms with Crippen LogP contribution in [0.4, 0.5) is 4.79 Å². The molecule has 5 nitrogen and oxygen atoms in total. The van der Waals surface area contributed by atoms with E-state index in [1.165, 1.54) is 0 Å². The monoisotopic (exact) mass is 371 g/mol. The summed E-state index contributed by atoms with van der Waals surface area (Å²) in [5, 5.41) is 7.48. The molecule has 3 rings (SSSR count). The van der Waals surface area contributed by atoms with Crippen molar-refractivity contribution in [1.82, 2.24) is 15.5 Å². The molecule has 2 N–H and O–H groups in total. The summed E-state index contributed by atoms with van der Waals surface area (Å²) in [5.74, 6) is 0.135. The summed E-state index contributed by atoms with van der Waals surface area (Å²) in [5.41, 5.74) is 0.994. The van der Waals surface area contributed by atoms with E-state index in [9.17, 15) is 4.79 Å². The predicted molar refractivity (Wildman–Crippen MR) is 95.7 cm³/mol. The molecule has 132 valence electrons. The lowest BCUT2D eigenvalue weighted by atomic mass is 9.95. The minimum absolute atomic E-state index is 0.0182. The van der Waals surface area contributed by atoms with Gasteiger partial charge in [-0.3, -0.25) is 0 Å². The van der Waals surface area contributed by atoms with Gasteiger partial charge < -0.3 is 20.3 Å². The average molecular weight is 372 g/mol. The predicted octanol–water partition coefficient (Wildman–Crippen LogP) is 3.08. The molecule has 1 aromatic carbocycles. The molecule has 2 saturated heterocycles. The van der Waals surface area contributed by atoms with Crippen LogP contribution in [0.25, 0.3) is 0 Å². The first-order valence-electron chi connectivity index (χ1n) is 8.45. The number of carbonyl (C=O) groups is 1.